The van der Waals surface area contributed by atoms with Crippen LogP contribution in [0.5, 0.6) is 5.75 Å². The minimum absolute atomic E-state index is 0.0333. The van der Waals surface area contributed by atoms with Crippen molar-refractivity contribution in [3.8, 4) is 16.9 Å². The van der Waals surface area contributed by atoms with Gasteiger partial charge in [-0.05, 0) is 41.6 Å². The van der Waals surface area contributed by atoms with Crippen molar-refractivity contribution in [2.45, 2.75) is 13.0 Å². The zero-order chi connectivity index (χ0) is 26.1. The zero-order valence-corrected chi connectivity index (χ0v) is 20.7. The van der Waals surface area contributed by atoms with Gasteiger partial charge in [0.1, 0.15) is 11.6 Å². The number of anilines is 2. The van der Waals surface area contributed by atoms with Crippen molar-refractivity contribution in [1.29, 1.82) is 0 Å². The fourth-order valence-corrected chi connectivity index (χ4v) is 5.39. The van der Waals surface area contributed by atoms with Crippen LogP contribution in [-0.2, 0) is 11.3 Å². The first-order valence-electron chi connectivity index (χ1n) is 12.4. The highest BCUT2D eigenvalue weighted by Crippen LogP contribution is 2.47. The molecule has 0 radical (unpaired) electrons. The number of nitrogens with two attached hydrogens (primary N) is 1. The Morgan fingerprint density at radius 2 is 1.78 bits per heavy atom. The van der Waals surface area contributed by atoms with Crippen LogP contribution in [0.2, 0.25) is 0 Å². The number of ether oxygens (including phenoxy) is 1. The topological polar surface area (TPSA) is 96.1 Å². The average molecular weight is 504 g/mol. The molecular formula is C29H30FN3O4. The number of rotatable bonds is 7. The van der Waals surface area contributed by atoms with Crippen molar-refractivity contribution in [2.24, 2.45) is 17.6 Å². The van der Waals surface area contributed by atoms with Crippen LogP contribution in [0.15, 0.2) is 60.7 Å². The van der Waals surface area contributed by atoms with E-state index in [9.17, 15) is 14.7 Å². The molecule has 1 saturated heterocycles. The van der Waals surface area contributed by atoms with E-state index >= 15 is 4.39 Å². The molecule has 2 atom stereocenters. The first-order chi connectivity index (χ1) is 17.9. The third-order valence-electron chi connectivity index (χ3n) is 7.36. The summed E-state index contributed by atoms with van der Waals surface area (Å²) in [5.74, 6) is -3.22. The van der Waals surface area contributed by atoms with Gasteiger partial charge in [-0.15, -0.1) is 0 Å². The number of carboxylic acids is 1. The molecule has 2 heterocycles. The number of carbonyl (C=O) groups is 2. The number of nitrogens with zero attached hydrogens (tertiary/aromatic N) is 2. The molecule has 0 saturated carbocycles. The fourth-order valence-electron chi connectivity index (χ4n) is 5.39. The summed E-state index contributed by atoms with van der Waals surface area (Å²) in [4.78, 5) is 28.8. The summed E-state index contributed by atoms with van der Waals surface area (Å²) in [7, 11) is 1.45. The highest BCUT2D eigenvalue weighted by atomic mass is 19.1. The Hall–Kier alpha value is -3.91. The van der Waals surface area contributed by atoms with E-state index in [0.29, 0.717) is 37.6 Å². The molecule has 1 fully saturated rings. The van der Waals surface area contributed by atoms with Gasteiger partial charge < -0.3 is 25.4 Å². The summed E-state index contributed by atoms with van der Waals surface area (Å²) >= 11 is 0. The minimum Gasteiger partial charge on any atom is -0.492 e. The summed E-state index contributed by atoms with van der Waals surface area (Å²) in [5.41, 5.74) is 9.70. The molecule has 0 aromatic heterocycles. The lowest BCUT2D eigenvalue weighted by atomic mass is 9.89. The Morgan fingerprint density at radius 3 is 2.41 bits per heavy atom. The van der Waals surface area contributed by atoms with E-state index < -0.39 is 23.5 Å². The van der Waals surface area contributed by atoms with Crippen LogP contribution in [0, 0.1) is 17.7 Å². The van der Waals surface area contributed by atoms with Gasteiger partial charge >= 0.3 is 5.97 Å². The highest BCUT2D eigenvalue weighted by Gasteiger charge is 2.41. The number of hydrogen-bond acceptors (Lipinski definition) is 6. The quantitative estimate of drug-likeness (QED) is 0.467. The van der Waals surface area contributed by atoms with Gasteiger partial charge in [0, 0.05) is 31.7 Å². The summed E-state index contributed by atoms with van der Waals surface area (Å²) in [6, 6.07) is 19.2. The molecule has 2 aliphatic rings. The third-order valence-corrected chi connectivity index (χ3v) is 7.36. The summed E-state index contributed by atoms with van der Waals surface area (Å²) < 4.78 is 21.2. The lowest BCUT2D eigenvalue weighted by molar-refractivity contribution is -0.139. The summed E-state index contributed by atoms with van der Waals surface area (Å²) in [5, 5.41) is 9.77. The number of fused-ring (bicyclic) bond motifs is 1. The van der Waals surface area contributed by atoms with E-state index in [1.54, 1.807) is 0 Å². The van der Waals surface area contributed by atoms with Crippen molar-refractivity contribution in [1.82, 2.24) is 0 Å². The molecule has 8 heteroatoms. The molecule has 2 aliphatic heterocycles. The first kappa shape index (κ1) is 24.8. The Balaban J connectivity index is 1.55. The monoisotopic (exact) mass is 503 g/mol. The highest BCUT2D eigenvalue weighted by molar-refractivity contribution is 6.14. The molecule has 0 amide bonds. The van der Waals surface area contributed by atoms with Gasteiger partial charge in [-0.1, -0.05) is 54.6 Å². The van der Waals surface area contributed by atoms with Crippen molar-refractivity contribution >= 4 is 23.1 Å². The normalized spacial score (nSPS) is 19.2. The fraction of sp³-hybridized carbons (Fsp3) is 0.310. The lowest BCUT2D eigenvalue weighted by Crippen LogP contribution is -2.43. The Labute approximate surface area is 215 Å². The molecule has 5 rings (SSSR count). The van der Waals surface area contributed by atoms with E-state index in [0.717, 1.165) is 23.1 Å². The Morgan fingerprint density at radius 1 is 1.08 bits per heavy atom. The van der Waals surface area contributed by atoms with Crippen molar-refractivity contribution in [2.75, 3.05) is 43.1 Å². The van der Waals surface area contributed by atoms with Gasteiger partial charge in [0.2, 0.25) is 0 Å². The molecule has 37 heavy (non-hydrogen) atoms. The molecule has 0 aliphatic carbocycles. The Bertz CT molecular complexity index is 1310. The van der Waals surface area contributed by atoms with Crippen LogP contribution in [0.3, 0.4) is 0 Å². The maximum Gasteiger partial charge on any atom is 0.316 e. The van der Waals surface area contributed by atoms with Gasteiger partial charge in [-0.3, -0.25) is 9.59 Å². The van der Waals surface area contributed by atoms with E-state index in [4.69, 9.17) is 10.5 Å². The average Bonchev–Trinajstić information content (AvgIpc) is 3.39. The second kappa shape index (κ2) is 10.2. The number of aliphatic carboxylic acids is 1. The van der Waals surface area contributed by atoms with Gasteiger partial charge in [0.25, 0.3) is 0 Å². The molecule has 0 spiro atoms. The maximum atomic E-state index is 15.5. The molecule has 3 aromatic rings. The number of halogens is 1. The molecule has 192 valence electrons. The van der Waals surface area contributed by atoms with Crippen LogP contribution in [0.1, 0.15) is 22.3 Å². The van der Waals surface area contributed by atoms with E-state index in [1.807, 2.05) is 64.4 Å². The largest absolute Gasteiger partial charge is 0.492 e. The zero-order valence-electron chi connectivity index (χ0n) is 20.7. The molecule has 7 nitrogen and oxygen atoms in total. The molecule has 1 unspecified atom stereocenters. The second-order valence-electron chi connectivity index (χ2n) is 9.67. The summed E-state index contributed by atoms with van der Waals surface area (Å²) in [6.07, 6.45) is 0.841. The van der Waals surface area contributed by atoms with Crippen molar-refractivity contribution < 1.29 is 23.8 Å². The number of Topliss-reactive ketones (excluding diaryl/α,β-unsaturated/α-hetero) is 1. The smallest absolute Gasteiger partial charge is 0.316 e. The van der Waals surface area contributed by atoms with Gasteiger partial charge in [0.05, 0.1) is 12.8 Å². The third kappa shape index (κ3) is 4.64. The van der Waals surface area contributed by atoms with Crippen LogP contribution >= 0.6 is 0 Å². The molecule has 3 aromatic carbocycles. The van der Waals surface area contributed by atoms with Crippen molar-refractivity contribution in [3.63, 3.8) is 0 Å². The summed E-state index contributed by atoms with van der Waals surface area (Å²) in [6.45, 7) is 2.03. The molecule has 0 bridgehead atoms. The number of carboxylic acid groups (broad SMARTS) is 1. The molecule has 3 N–H and O–H groups in total. The van der Waals surface area contributed by atoms with Crippen LogP contribution < -0.4 is 20.3 Å². The van der Waals surface area contributed by atoms with Gasteiger partial charge in [-0.2, -0.15) is 0 Å². The van der Waals surface area contributed by atoms with Gasteiger partial charge in [-0.25, -0.2) is 4.39 Å². The van der Waals surface area contributed by atoms with Crippen LogP contribution in [0.25, 0.3) is 11.1 Å². The van der Waals surface area contributed by atoms with E-state index in [1.165, 1.54) is 13.2 Å². The standard InChI is InChI=1S/C29H30FN3O4/c1-37-28-25-22(13-24(30)26(28)32-12-11-19(14-31)16-32)27(34)23(29(35)36)17-33(25)15-18-7-9-21(10-8-18)20-5-3-2-4-6-20/h2-10,13,19,23H,11-12,14-17,31H2,1H3,(H,35,36)/t19-,23?/m0/s1. The SMILES string of the molecule is COc1c(N2CC[C@@H](CN)C2)c(F)cc2c1N(Cc1ccc(-c3ccccc3)cc1)CC(C(=O)O)C2=O. The second-order valence-corrected chi connectivity index (χ2v) is 9.67. The van der Waals surface area contributed by atoms with E-state index in [2.05, 4.69) is 0 Å². The van der Waals surface area contributed by atoms with Crippen LogP contribution in [-0.4, -0.2) is 50.1 Å². The number of hydrogen-bond donors (Lipinski definition) is 2. The number of carbonyl (C=O) groups excluding carboxylic acids is 1. The minimum atomic E-state index is -1.29. The predicted octanol–water partition coefficient (Wildman–Crippen LogP) is 4.19. The predicted molar refractivity (Wildman–Crippen MR) is 141 cm³/mol. The number of ketones is 1. The lowest BCUT2D eigenvalue weighted by Gasteiger charge is -2.36. The number of methoxy groups -OCH3 is 1. The Kier molecular flexibility index (Phi) is 6.84. The maximum absolute atomic E-state index is 15.5. The van der Waals surface area contributed by atoms with Gasteiger partial charge in [0.15, 0.2) is 17.3 Å². The van der Waals surface area contributed by atoms with Crippen molar-refractivity contribution in [3.05, 3.63) is 77.6 Å². The molecular weight excluding hydrogens is 473 g/mol. The van der Waals surface area contributed by atoms with Crippen LogP contribution in [0.4, 0.5) is 15.8 Å². The van der Waals surface area contributed by atoms with E-state index in [-0.39, 0.29) is 23.8 Å². The first-order valence-corrected chi connectivity index (χ1v) is 12.4. The number of benzene rings is 3.